The topological polar surface area (TPSA) is 79.8 Å². The summed E-state index contributed by atoms with van der Waals surface area (Å²) in [6.07, 6.45) is 0.752. The van der Waals surface area contributed by atoms with Crippen molar-refractivity contribution in [3.05, 3.63) is 53.1 Å². The second kappa shape index (κ2) is 10.5. The Morgan fingerprint density at radius 3 is 2.65 bits per heavy atom. The Morgan fingerprint density at radius 2 is 1.91 bits per heavy atom. The van der Waals surface area contributed by atoms with Crippen LogP contribution in [0.1, 0.15) is 34.8 Å². The van der Waals surface area contributed by atoms with E-state index in [1.807, 2.05) is 19.9 Å². The zero-order chi connectivity index (χ0) is 24.3. The van der Waals surface area contributed by atoms with E-state index in [1.54, 1.807) is 30.0 Å². The third-order valence-corrected chi connectivity index (χ3v) is 9.09. The molecule has 4 rings (SSSR count). The molecule has 182 valence electrons. The maximum absolute atomic E-state index is 13.8. The molecule has 1 aromatic heterocycles. The Bertz CT molecular complexity index is 1280. The van der Waals surface area contributed by atoms with Crippen LogP contribution in [0.5, 0.6) is 0 Å². The first-order chi connectivity index (χ1) is 16.3. The summed E-state index contributed by atoms with van der Waals surface area (Å²) in [5.74, 6) is -0.392. The summed E-state index contributed by atoms with van der Waals surface area (Å²) >= 11 is 1.48. The zero-order valence-electron chi connectivity index (χ0n) is 19.9. The number of benzene rings is 2. The van der Waals surface area contributed by atoms with Gasteiger partial charge in [-0.3, -0.25) is 14.6 Å². The molecule has 34 heavy (non-hydrogen) atoms. The minimum absolute atomic E-state index is 0.0616. The number of carbonyl (C=O) groups excluding carboxylic acids is 1. The van der Waals surface area contributed by atoms with E-state index in [-0.39, 0.29) is 22.1 Å². The molecule has 3 aromatic rings. The zero-order valence-corrected chi connectivity index (χ0v) is 21.5. The van der Waals surface area contributed by atoms with E-state index in [4.69, 9.17) is 9.72 Å². The van der Waals surface area contributed by atoms with Crippen LogP contribution < -0.4 is 4.90 Å². The quantitative estimate of drug-likeness (QED) is 0.463. The van der Waals surface area contributed by atoms with Gasteiger partial charge in [-0.05, 0) is 49.6 Å². The summed E-state index contributed by atoms with van der Waals surface area (Å²) in [6.45, 7) is 10.2. The van der Waals surface area contributed by atoms with Gasteiger partial charge in [-0.15, -0.1) is 0 Å². The van der Waals surface area contributed by atoms with Crippen LogP contribution in [0.4, 0.5) is 5.13 Å². The van der Waals surface area contributed by atoms with E-state index in [2.05, 4.69) is 11.0 Å². The molecular weight excluding hydrogens is 470 g/mol. The van der Waals surface area contributed by atoms with Crippen LogP contribution in [-0.4, -0.2) is 69.4 Å². The SMILES string of the molecule is CCS(=O)(=O)c1ccccc1C(=O)N(CCCN1CCOCC1)c1nc2cc(C)cc(C)c2s1. The van der Waals surface area contributed by atoms with Gasteiger partial charge in [-0.25, -0.2) is 13.4 Å². The van der Waals surface area contributed by atoms with Crippen LogP contribution in [0, 0.1) is 13.8 Å². The number of aromatic nitrogens is 1. The van der Waals surface area contributed by atoms with Crippen molar-refractivity contribution in [2.24, 2.45) is 0 Å². The fourth-order valence-corrected chi connectivity index (χ4v) is 6.38. The van der Waals surface area contributed by atoms with Gasteiger partial charge >= 0.3 is 0 Å². The highest BCUT2D eigenvalue weighted by atomic mass is 32.2. The van der Waals surface area contributed by atoms with Crippen LogP contribution in [0.3, 0.4) is 0 Å². The van der Waals surface area contributed by atoms with Gasteiger partial charge in [-0.2, -0.15) is 0 Å². The maximum atomic E-state index is 13.8. The normalized spacial score (nSPS) is 15.0. The Hall–Kier alpha value is -2.33. The minimum atomic E-state index is -3.55. The molecule has 0 spiro atoms. The van der Waals surface area contributed by atoms with Crippen LogP contribution in [0.25, 0.3) is 10.2 Å². The number of hydrogen-bond donors (Lipinski definition) is 0. The van der Waals surface area contributed by atoms with Crippen molar-refractivity contribution in [1.82, 2.24) is 9.88 Å². The summed E-state index contributed by atoms with van der Waals surface area (Å²) in [5.41, 5.74) is 3.29. The average Bonchev–Trinajstić information content (AvgIpc) is 3.26. The van der Waals surface area contributed by atoms with Gasteiger partial charge in [0.1, 0.15) is 0 Å². The lowest BCUT2D eigenvalue weighted by atomic mass is 10.1. The Kier molecular flexibility index (Phi) is 7.67. The van der Waals surface area contributed by atoms with E-state index in [1.165, 1.54) is 17.4 Å². The highest BCUT2D eigenvalue weighted by molar-refractivity contribution is 7.91. The van der Waals surface area contributed by atoms with Crippen LogP contribution in [-0.2, 0) is 14.6 Å². The van der Waals surface area contributed by atoms with E-state index in [0.29, 0.717) is 11.7 Å². The summed E-state index contributed by atoms with van der Waals surface area (Å²) in [6, 6.07) is 10.6. The van der Waals surface area contributed by atoms with Crippen molar-refractivity contribution in [3.8, 4) is 0 Å². The Balaban J connectivity index is 1.69. The highest BCUT2D eigenvalue weighted by Gasteiger charge is 2.27. The number of aryl methyl sites for hydroxylation is 2. The first-order valence-corrected chi connectivity index (χ1v) is 14.1. The second-order valence-corrected chi connectivity index (χ2v) is 11.8. The van der Waals surface area contributed by atoms with Crippen molar-refractivity contribution in [2.75, 3.05) is 50.0 Å². The molecule has 0 bridgehead atoms. The van der Waals surface area contributed by atoms with Crippen LogP contribution in [0.2, 0.25) is 0 Å². The molecular formula is C25H31N3O4S2. The number of ether oxygens (including phenoxy) is 1. The standard InChI is InChI=1S/C25H31N3O4S2/c1-4-34(30,31)22-9-6-5-8-20(22)24(29)28(11-7-10-27-12-14-32-15-13-27)25-26-21-17-18(2)16-19(3)23(21)33-25/h5-6,8-9,16-17H,4,7,10-15H2,1-3H3. The lowest BCUT2D eigenvalue weighted by Crippen LogP contribution is -2.39. The van der Waals surface area contributed by atoms with Crippen molar-refractivity contribution < 1.29 is 17.9 Å². The third-order valence-electron chi connectivity index (χ3n) is 6.08. The fraction of sp³-hybridized carbons (Fsp3) is 0.440. The molecule has 0 aliphatic carbocycles. The number of sulfone groups is 1. The second-order valence-electron chi connectivity index (χ2n) is 8.59. The maximum Gasteiger partial charge on any atom is 0.261 e. The summed E-state index contributed by atoms with van der Waals surface area (Å²) in [4.78, 5) is 22.7. The van der Waals surface area contributed by atoms with Crippen molar-refractivity contribution in [3.63, 3.8) is 0 Å². The summed E-state index contributed by atoms with van der Waals surface area (Å²) in [7, 11) is -3.55. The van der Waals surface area contributed by atoms with E-state index < -0.39 is 9.84 Å². The van der Waals surface area contributed by atoms with Gasteiger partial charge in [0.25, 0.3) is 5.91 Å². The number of hydrogen-bond acceptors (Lipinski definition) is 7. The van der Waals surface area contributed by atoms with Gasteiger partial charge in [0, 0.05) is 26.2 Å². The lowest BCUT2D eigenvalue weighted by Gasteiger charge is -2.28. The number of carbonyl (C=O) groups is 1. The average molecular weight is 502 g/mol. The van der Waals surface area contributed by atoms with E-state index in [0.717, 1.165) is 60.6 Å². The molecule has 2 aromatic carbocycles. The van der Waals surface area contributed by atoms with Crippen LogP contribution >= 0.6 is 11.3 Å². The Morgan fingerprint density at radius 1 is 1.18 bits per heavy atom. The molecule has 1 amide bonds. The first kappa shape index (κ1) is 24.8. The number of fused-ring (bicyclic) bond motifs is 1. The van der Waals surface area contributed by atoms with Gasteiger partial charge in [-0.1, -0.05) is 36.5 Å². The smallest absolute Gasteiger partial charge is 0.261 e. The highest BCUT2D eigenvalue weighted by Crippen LogP contribution is 2.33. The van der Waals surface area contributed by atoms with E-state index >= 15 is 0 Å². The number of thiazole rings is 1. The van der Waals surface area contributed by atoms with Crippen molar-refractivity contribution >= 4 is 42.4 Å². The van der Waals surface area contributed by atoms with Crippen molar-refractivity contribution in [2.45, 2.75) is 32.1 Å². The molecule has 0 atom stereocenters. The fourth-order valence-electron chi connectivity index (χ4n) is 4.26. The third kappa shape index (κ3) is 5.33. The summed E-state index contributed by atoms with van der Waals surface area (Å²) < 4.78 is 31.9. The Labute approximate surface area is 205 Å². The number of nitrogens with zero attached hydrogens (tertiary/aromatic N) is 3. The molecule has 0 saturated carbocycles. The number of morpholine rings is 1. The largest absolute Gasteiger partial charge is 0.379 e. The molecule has 2 heterocycles. The molecule has 9 heteroatoms. The molecule has 1 saturated heterocycles. The molecule has 1 aliphatic rings. The lowest BCUT2D eigenvalue weighted by molar-refractivity contribution is 0.0376. The van der Waals surface area contributed by atoms with Gasteiger partial charge in [0.15, 0.2) is 15.0 Å². The summed E-state index contributed by atoms with van der Waals surface area (Å²) in [5, 5.41) is 0.597. The predicted molar refractivity (Wildman–Crippen MR) is 137 cm³/mol. The number of amides is 1. The minimum Gasteiger partial charge on any atom is -0.379 e. The molecule has 0 unspecified atom stereocenters. The monoisotopic (exact) mass is 501 g/mol. The van der Waals surface area contributed by atoms with E-state index in [9.17, 15) is 13.2 Å². The predicted octanol–water partition coefficient (Wildman–Crippen LogP) is 4.08. The molecule has 0 radical (unpaired) electrons. The molecule has 1 fully saturated rings. The van der Waals surface area contributed by atoms with Gasteiger partial charge in [0.05, 0.1) is 39.6 Å². The number of rotatable bonds is 8. The van der Waals surface area contributed by atoms with Gasteiger partial charge < -0.3 is 4.74 Å². The number of anilines is 1. The van der Waals surface area contributed by atoms with Crippen LogP contribution in [0.15, 0.2) is 41.3 Å². The van der Waals surface area contributed by atoms with Crippen molar-refractivity contribution in [1.29, 1.82) is 0 Å². The molecule has 0 N–H and O–H groups in total. The van der Waals surface area contributed by atoms with Gasteiger partial charge in [0.2, 0.25) is 0 Å². The molecule has 7 nitrogen and oxygen atoms in total. The molecule has 1 aliphatic heterocycles. The first-order valence-electron chi connectivity index (χ1n) is 11.6.